The molecule has 31 heavy (non-hydrogen) atoms. The summed E-state index contributed by atoms with van der Waals surface area (Å²) < 4.78 is 5.31. The van der Waals surface area contributed by atoms with E-state index in [-0.39, 0.29) is 11.9 Å². The average Bonchev–Trinajstić information content (AvgIpc) is 3.54. The third-order valence-corrected chi connectivity index (χ3v) is 7.42. The van der Waals surface area contributed by atoms with E-state index in [0.717, 1.165) is 29.8 Å². The first-order valence-corrected chi connectivity index (χ1v) is 11.9. The first-order valence-electron chi connectivity index (χ1n) is 11.0. The molecule has 3 aromatic rings. The quantitative estimate of drug-likeness (QED) is 0.573. The second-order valence-electron chi connectivity index (χ2n) is 8.49. The Bertz CT molecular complexity index is 1030. The van der Waals surface area contributed by atoms with Crippen molar-refractivity contribution >= 4 is 17.2 Å². The van der Waals surface area contributed by atoms with Crippen LogP contribution in [0.5, 0.6) is 5.75 Å². The van der Waals surface area contributed by atoms with Crippen LogP contribution in [-0.2, 0) is 11.2 Å². The number of rotatable bonds is 7. The number of nitrogens with zero attached hydrogens (tertiary/aromatic N) is 1. The molecule has 160 valence electrons. The van der Waals surface area contributed by atoms with Crippen molar-refractivity contribution in [3.8, 4) is 5.75 Å². The maximum Gasteiger partial charge on any atom is 0.234 e. The number of carbonyl (C=O) groups is 1. The van der Waals surface area contributed by atoms with Gasteiger partial charge in [-0.3, -0.25) is 9.69 Å². The van der Waals surface area contributed by atoms with Crippen LogP contribution in [0, 0.1) is 5.92 Å². The van der Waals surface area contributed by atoms with E-state index < -0.39 is 0 Å². The van der Waals surface area contributed by atoms with Gasteiger partial charge in [-0.05, 0) is 65.4 Å². The number of ether oxygens (including phenoxy) is 1. The Morgan fingerprint density at radius 3 is 2.55 bits per heavy atom. The molecule has 1 amide bonds. The number of thiophene rings is 1. The van der Waals surface area contributed by atoms with Crippen molar-refractivity contribution in [2.75, 3.05) is 20.2 Å². The van der Waals surface area contributed by atoms with Crippen molar-refractivity contribution in [2.45, 2.75) is 31.3 Å². The largest absolute Gasteiger partial charge is 0.497 e. The van der Waals surface area contributed by atoms with Crippen molar-refractivity contribution in [3.63, 3.8) is 0 Å². The number of methoxy groups -OCH3 is 1. The number of nitrogens with one attached hydrogen (secondary N) is 1. The van der Waals surface area contributed by atoms with Crippen LogP contribution in [-0.4, -0.2) is 31.0 Å². The summed E-state index contributed by atoms with van der Waals surface area (Å²) in [5.74, 6) is 1.59. The van der Waals surface area contributed by atoms with Crippen molar-refractivity contribution < 1.29 is 9.53 Å². The molecule has 5 heteroatoms. The van der Waals surface area contributed by atoms with Crippen LogP contribution in [0.15, 0.2) is 66.0 Å². The average molecular weight is 433 g/mol. The third kappa shape index (κ3) is 4.39. The van der Waals surface area contributed by atoms with Gasteiger partial charge in [0.1, 0.15) is 5.75 Å². The normalized spacial score (nSPS) is 19.5. The van der Waals surface area contributed by atoms with Crippen molar-refractivity contribution in [1.82, 2.24) is 10.2 Å². The second-order valence-corrected chi connectivity index (χ2v) is 9.49. The van der Waals surface area contributed by atoms with Gasteiger partial charge in [0.25, 0.3) is 0 Å². The van der Waals surface area contributed by atoms with Gasteiger partial charge < -0.3 is 10.1 Å². The minimum atomic E-state index is -0.180. The fraction of sp³-hybridized carbons (Fsp3) is 0.346. The molecular formula is C26H28N2O2S. The van der Waals surface area contributed by atoms with Gasteiger partial charge in [0, 0.05) is 17.5 Å². The molecule has 2 atom stereocenters. The summed E-state index contributed by atoms with van der Waals surface area (Å²) >= 11 is 1.87. The Labute approximate surface area is 187 Å². The molecule has 1 aliphatic carbocycles. The highest BCUT2D eigenvalue weighted by Gasteiger charge is 2.40. The smallest absolute Gasteiger partial charge is 0.234 e. The molecule has 1 saturated carbocycles. The number of hydrogen-bond donors (Lipinski definition) is 1. The molecule has 1 fully saturated rings. The van der Waals surface area contributed by atoms with E-state index in [1.807, 2.05) is 53.8 Å². The van der Waals surface area contributed by atoms with Crippen LogP contribution in [0.2, 0.25) is 0 Å². The molecule has 1 aromatic heterocycles. The molecule has 0 unspecified atom stereocenters. The zero-order chi connectivity index (χ0) is 21.2. The summed E-state index contributed by atoms with van der Waals surface area (Å²) in [5, 5.41) is 5.52. The zero-order valence-electron chi connectivity index (χ0n) is 17.8. The van der Waals surface area contributed by atoms with Crippen LogP contribution >= 0.6 is 11.3 Å². The highest BCUT2D eigenvalue weighted by Crippen LogP contribution is 2.48. The SMILES string of the molecule is COc1ccc([C@@H](NC(=O)CN2CCc3sccc3[C@H]2C2CC2)c2ccccc2)cc1. The van der Waals surface area contributed by atoms with E-state index in [1.165, 1.54) is 23.3 Å². The van der Waals surface area contributed by atoms with Gasteiger partial charge in [0.05, 0.1) is 19.7 Å². The number of amides is 1. The van der Waals surface area contributed by atoms with Gasteiger partial charge in [-0.25, -0.2) is 0 Å². The van der Waals surface area contributed by atoms with Crippen molar-refractivity contribution in [1.29, 1.82) is 0 Å². The predicted octanol–water partition coefficient (Wildman–Crippen LogP) is 4.97. The maximum absolute atomic E-state index is 13.3. The molecule has 0 bridgehead atoms. The molecule has 1 aliphatic heterocycles. The lowest BCUT2D eigenvalue weighted by Crippen LogP contribution is -2.44. The van der Waals surface area contributed by atoms with Gasteiger partial charge in [0.2, 0.25) is 5.91 Å². The molecule has 1 N–H and O–H groups in total. The van der Waals surface area contributed by atoms with Crippen molar-refractivity contribution in [2.24, 2.45) is 5.92 Å². The van der Waals surface area contributed by atoms with Crippen LogP contribution in [0.3, 0.4) is 0 Å². The fourth-order valence-corrected chi connectivity index (χ4v) is 5.64. The van der Waals surface area contributed by atoms with E-state index in [1.54, 1.807) is 7.11 Å². The van der Waals surface area contributed by atoms with Gasteiger partial charge in [-0.15, -0.1) is 11.3 Å². The van der Waals surface area contributed by atoms with E-state index in [4.69, 9.17) is 4.74 Å². The van der Waals surface area contributed by atoms with Gasteiger partial charge in [-0.2, -0.15) is 0 Å². The van der Waals surface area contributed by atoms with Crippen LogP contribution in [0.25, 0.3) is 0 Å². The lowest BCUT2D eigenvalue weighted by Gasteiger charge is -2.36. The first kappa shape index (κ1) is 20.3. The Kier molecular flexibility index (Phi) is 5.79. The summed E-state index contributed by atoms with van der Waals surface area (Å²) in [4.78, 5) is 17.2. The number of benzene rings is 2. The zero-order valence-corrected chi connectivity index (χ0v) is 18.6. The molecule has 0 saturated heterocycles. The molecule has 0 spiro atoms. The standard InChI is InChI=1S/C26H28N2O2S/c1-30-21-11-9-19(10-12-21)25(18-5-3-2-4-6-18)27-24(29)17-28-15-13-23-22(14-16-31-23)26(28)20-7-8-20/h2-6,9-12,14,16,20,25-26H,7-8,13,15,17H2,1H3,(H,27,29)/t25-,26+/m0/s1. The monoisotopic (exact) mass is 432 g/mol. The van der Waals surface area contributed by atoms with Crippen molar-refractivity contribution in [3.05, 3.63) is 87.6 Å². The second kappa shape index (κ2) is 8.85. The summed E-state index contributed by atoms with van der Waals surface area (Å²) in [6.07, 6.45) is 3.59. The number of fused-ring (bicyclic) bond motifs is 1. The van der Waals surface area contributed by atoms with Crippen LogP contribution < -0.4 is 10.1 Å². The van der Waals surface area contributed by atoms with Crippen LogP contribution in [0.4, 0.5) is 0 Å². The third-order valence-electron chi connectivity index (χ3n) is 6.42. The van der Waals surface area contributed by atoms with Crippen LogP contribution in [0.1, 0.15) is 46.5 Å². The highest BCUT2D eigenvalue weighted by atomic mass is 32.1. The topological polar surface area (TPSA) is 41.6 Å². The summed E-state index contributed by atoms with van der Waals surface area (Å²) in [6, 6.07) is 20.6. The molecule has 0 radical (unpaired) electrons. The molecule has 2 aromatic carbocycles. The Hall–Kier alpha value is -2.63. The number of hydrogen-bond acceptors (Lipinski definition) is 4. The summed E-state index contributed by atoms with van der Waals surface area (Å²) in [7, 11) is 1.67. The van der Waals surface area contributed by atoms with E-state index in [0.29, 0.717) is 18.5 Å². The highest BCUT2D eigenvalue weighted by molar-refractivity contribution is 7.10. The lowest BCUT2D eigenvalue weighted by molar-refractivity contribution is -0.123. The van der Waals surface area contributed by atoms with Gasteiger partial charge in [-0.1, -0.05) is 42.5 Å². The minimum absolute atomic E-state index is 0.0778. The molecule has 5 rings (SSSR count). The molecule has 2 heterocycles. The first-order chi connectivity index (χ1) is 15.2. The van der Waals surface area contributed by atoms with Gasteiger partial charge in [0.15, 0.2) is 0 Å². The van der Waals surface area contributed by atoms with E-state index >= 15 is 0 Å². The van der Waals surface area contributed by atoms with E-state index in [9.17, 15) is 4.79 Å². The maximum atomic E-state index is 13.3. The predicted molar refractivity (Wildman–Crippen MR) is 124 cm³/mol. The fourth-order valence-electron chi connectivity index (χ4n) is 4.73. The summed E-state index contributed by atoms with van der Waals surface area (Å²) in [6.45, 7) is 1.40. The molecule has 4 nitrogen and oxygen atoms in total. The Balaban J connectivity index is 1.35. The van der Waals surface area contributed by atoms with E-state index in [2.05, 4.69) is 33.8 Å². The minimum Gasteiger partial charge on any atom is -0.497 e. The van der Waals surface area contributed by atoms with Gasteiger partial charge >= 0.3 is 0 Å². The summed E-state index contributed by atoms with van der Waals surface area (Å²) in [5.41, 5.74) is 3.60. The Morgan fingerprint density at radius 1 is 1.10 bits per heavy atom. The number of carbonyl (C=O) groups excluding carboxylic acids is 1. The Morgan fingerprint density at radius 2 is 1.84 bits per heavy atom. The molecule has 2 aliphatic rings. The molecular weight excluding hydrogens is 404 g/mol. The lowest BCUT2D eigenvalue weighted by atomic mass is 9.95.